The lowest BCUT2D eigenvalue weighted by atomic mass is 10.0. The van der Waals surface area contributed by atoms with Gasteiger partial charge in [-0.25, -0.2) is 0 Å². The van der Waals surface area contributed by atoms with Crippen LogP contribution in [0, 0.1) is 17.0 Å². The summed E-state index contributed by atoms with van der Waals surface area (Å²) < 4.78 is 0. The third kappa shape index (κ3) is 2.22. The van der Waals surface area contributed by atoms with Crippen molar-refractivity contribution in [3.63, 3.8) is 0 Å². The van der Waals surface area contributed by atoms with Crippen molar-refractivity contribution in [3.8, 4) is 11.1 Å². The highest BCUT2D eigenvalue weighted by Crippen LogP contribution is 2.28. The number of nitrogen functional groups attached to an aromatic ring is 1. The largest absolute Gasteiger partial charge is 0.393 e. The third-order valence-electron chi connectivity index (χ3n) is 2.54. The Labute approximate surface area is 102 Å². The van der Waals surface area contributed by atoms with Crippen molar-refractivity contribution in [3.05, 3.63) is 56.5 Å². The van der Waals surface area contributed by atoms with Crippen molar-refractivity contribution in [2.45, 2.75) is 6.92 Å². The fourth-order valence-electron chi connectivity index (χ4n) is 1.73. The second-order valence-corrected chi connectivity index (χ2v) is 3.95. The first-order valence-corrected chi connectivity index (χ1v) is 5.22. The predicted molar refractivity (Wildman–Crippen MR) is 68.3 cm³/mol. The second-order valence-electron chi connectivity index (χ2n) is 3.95. The molecule has 3 N–H and O–H groups in total. The van der Waals surface area contributed by atoms with E-state index in [1.165, 1.54) is 18.2 Å². The number of H-pyrrole nitrogens is 1. The van der Waals surface area contributed by atoms with Crippen LogP contribution in [-0.4, -0.2) is 9.91 Å². The van der Waals surface area contributed by atoms with Gasteiger partial charge >= 0.3 is 0 Å². The number of anilines is 1. The Morgan fingerprint density at radius 3 is 2.56 bits per heavy atom. The summed E-state index contributed by atoms with van der Waals surface area (Å²) in [5, 5.41) is 10.8. The van der Waals surface area contributed by atoms with Gasteiger partial charge in [-0.05, 0) is 30.2 Å². The highest BCUT2D eigenvalue weighted by atomic mass is 16.6. The Balaban J connectivity index is 2.61. The molecule has 0 unspecified atom stereocenters. The summed E-state index contributed by atoms with van der Waals surface area (Å²) in [6.45, 7) is 1.75. The van der Waals surface area contributed by atoms with E-state index < -0.39 is 4.92 Å². The fourth-order valence-corrected chi connectivity index (χ4v) is 1.73. The summed E-state index contributed by atoms with van der Waals surface area (Å²) in [6, 6.07) is 7.61. The number of nitro groups is 1. The average Bonchev–Trinajstić information content (AvgIpc) is 2.27. The lowest BCUT2D eigenvalue weighted by molar-refractivity contribution is -0.383. The van der Waals surface area contributed by atoms with Gasteiger partial charge in [0.1, 0.15) is 5.69 Å². The molecule has 0 fully saturated rings. The van der Waals surface area contributed by atoms with Gasteiger partial charge in [0.15, 0.2) is 0 Å². The van der Waals surface area contributed by atoms with Crippen LogP contribution in [0.3, 0.4) is 0 Å². The van der Waals surface area contributed by atoms with Crippen molar-refractivity contribution >= 4 is 11.4 Å². The first-order valence-electron chi connectivity index (χ1n) is 5.22. The Hall–Kier alpha value is -2.63. The van der Waals surface area contributed by atoms with Crippen LogP contribution in [0.25, 0.3) is 11.1 Å². The fraction of sp³-hybridized carbons (Fsp3) is 0.0833. The number of aromatic nitrogens is 1. The zero-order valence-electron chi connectivity index (χ0n) is 9.64. The average molecular weight is 245 g/mol. The summed E-state index contributed by atoms with van der Waals surface area (Å²) in [5.74, 6) is 0. The van der Waals surface area contributed by atoms with Gasteiger partial charge in [-0.15, -0.1) is 0 Å². The summed E-state index contributed by atoms with van der Waals surface area (Å²) in [5.41, 5.74) is 7.12. The normalized spacial score (nSPS) is 10.3. The standard InChI is InChI=1S/C12H11N3O3/c1-7-4-9(6-12(16)14-7)8-2-3-10(13)11(5-8)15(17)18/h2-6H,13H2,1H3,(H,14,16). The second kappa shape index (κ2) is 4.33. The van der Waals surface area contributed by atoms with Crippen molar-refractivity contribution in [2.24, 2.45) is 0 Å². The van der Waals surface area contributed by atoms with Gasteiger partial charge in [0, 0.05) is 17.8 Å². The molecule has 0 bridgehead atoms. The molecule has 1 heterocycles. The minimum Gasteiger partial charge on any atom is -0.393 e. The molecule has 18 heavy (non-hydrogen) atoms. The van der Waals surface area contributed by atoms with Gasteiger partial charge in [-0.1, -0.05) is 6.07 Å². The summed E-state index contributed by atoms with van der Waals surface area (Å²) in [4.78, 5) is 24.2. The number of hydrogen-bond donors (Lipinski definition) is 2. The first kappa shape index (κ1) is 11.8. The van der Waals surface area contributed by atoms with Crippen molar-refractivity contribution in [1.29, 1.82) is 0 Å². The maximum Gasteiger partial charge on any atom is 0.292 e. The van der Waals surface area contributed by atoms with Gasteiger partial charge in [0.2, 0.25) is 5.56 Å². The molecular weight excluding hydrogens is 234 g/mol. The molecule has 0 radical (unpaired) electrons. The van der Waals surface area contributed by atoms with Crippen LogP contribution in [0.1, 0.15) is 5.69 Å². The molecule has 0 aliphatic heterocycles. The third-order valence-corrected chi connectivity index (χ3v) is 2.54. The molecule has 2 rings (SSSR count). The minimum absolute atomic E-state index is 0.102. The molecule has 0 spiro atoms. The van der Waals surface area contributed by atoms with Crippen LogP contribution in [0.15, 0.2) is 35.1 Å². The molecule has 1 aromatic heterocycles. The van der Waals surface area contributed by atoms with Crippen LogP contribution in [0.2, 0.25) is 0 Å². The number of nitro benzene ring substituents is 1. The van der Waals surface area contributed by atoms with Crippen LogP contribution in [0.5, 0.6) is 0 Å². The SMILES string of the molecule is Cc1cc(-c2ccc(N)c([N+](=O)[O-])c2)cc(=O)[nH]1. The molecular formula is C12H11N3O3. The van der Waals surface area contributed by atoms with E-state index in [2.05, 4.69) is 4.98 Å². The number of rotatable bonds is 2. The van der Waals surface area contributed by atoms with Crippen LogP contribution in [0.4, 0.5) is 11.4 Å². The van der Waals surface area contributed by atoms with Gasteiger partial charge in [0.25, 0.3) is 5.69 Å². The van der Waals surface area contributed by atoms with Gasteiger partial charge in [-0.3, -0.25) is 14.9 Å². The zero-order valence-corrected chi connectivity index (χ0v) is 9.64. The molecule has 1 aromatic carbocycles. The number of aryl methyl sites for hydroxylation is 1. The Morgan fingerprint density at radius 2 is 1.94 bits per heavy atom. The Bertz CT molecular complexity index is 677. The lowest BCUT2D eigenvalue weighted by Crippen LogP contribution is -2.05. The number of aromatic amines is 1. The van der Waals surface area contributed by atoms with Gasteiger partial charge in [0.05, 0.1) is 4.92 Å². The Kier molecular flexibility index (Phi) is 2.85. The van der Waals surface area contributed by atoms with Crippen LogP contribution < -0.4 is 11.3 Å². The zero-order chi connectivity index (χ0) is 13.3. The van der Waals surface area contributed by atoms with E-state index in [0.717, 1.165) is 0 Å². The quantitative estimate of drug-likeness (QED) is 0.478. The summed E-state index contributed by atoms with van der Waals surface area (Å²) in [6.07, 6.45) is 0. The molecule has 0 saturated heterocycles. The van der Waals surface area contributed by atoms with E-state index in [0.29, 0.717) is 16.8 Å². The van der Waals surface area contributed by atoms with E-state index in [4.69, 9.17) is 5.73 Å². The highest BCUT2D eigenvalue weighted by molar-refractivity contribution is 5.72. The van der Waals surface area contributed by atoms with E-state index in [9.17, 15) is 14.9 Å². The number of nitrogens with one attached hydrogen (secondary N) is 1. The van der Waals surface area contributed by atoms with Crippen molar-refractivity contribution in [2.75, 3.05) is 5.73 Å². The van der Waals surface area contributed by atoms with E-state index in [1.54, 1.807) is 19.1 Å². The van der Waals surface area contributed by atoms with Gasteiger partial charge < -0.3 is 10.7 Å². The maximum absolute atomic E-state index is 11.4. The number of nitrogens with two attached hydrogens (primary N) is 1. The monoisotopic (exact) mass is 245 g/mol. The summed E-state index contributed by atoms with van der Waals surface area (Å²) >= 11 is 0. The number of benzene rings is 1. The van der Waals surface area contributed by atoms with E-state index in [-0.39, 0.29) is 16.9 Å². The molecule has 0 aliphatic carbocycles. The molecule has 6 heteroatoms. The van der Waals surface area contributed by atoms with Crippen LogP contribution in [-0.2, 0) is 0 Å². The molecule has 0 aliphatic rings. The Morgan fingerprint density at radius 1 is 1.22 bits per heavy atom. The molecule has 0 amide bonds. The van der Waals surface area contributed by atoms with Gasteiger partial charge in [-0.2, -0.15) is 0 Å². The first-order chi connectivity index (χ1) is 8.47. The molecule has 0 saturated carbocycles. The summed E-state index contributed by atoms with van der Waals surface area (Å²) in [7, 11) is 0. The van der Waals surface area contributed by atoms with Crippen molar-refractivity contribution < 1.29 is 4.92 Å². The van der Waals surface area contributed by atoms with Crippen LogP contribution >= 0.6 is 0 Å². The number of nitrogens with zero attached hydrogens (tertiary/aromatic N) is 1. The molecule has 0 atom stereocenters. The predicted octanol–water partition coefficient (Wildman–Crippen LogP) is 1.84. The molecule has 6 nitrogen and oxygen atoms in total. The highest BCUT2D eigenvalue weighted by Gasteiger charge is 2.13. The smallest absolute Gasteiger partial charge is 0.292 e. The molecule has 92 valence electrons. The molecule has 2 aromatic rings. The number of hydrogen-bond acceptors (Lipinski definition) is 4. The number of pyridine rings is 1. The van der Waals surface area contributed by atoms with Crippen molar-refractivity contribution in [1.82, 2.24) is 4.98 Å². The van der Waals surface area contributed by atoms with E-state index in [1.807, 2.05) is 0 Å². The van der Waals surface area contributed by atoms with E-state index >= 15 is 0 Å². The minimum atomic E-state index is -0.543. The topological polar surface area (TPSA) is 102 Å². The lowest BCUT2D eigenvalue weighted by Gasteiger charge is -2.04. The maximum atomic E-state index is 11.4.